The molecule has 0 bridgehead atoms. The average molecular weight is 606 g/mol. The van der Waals surface area contributed by atoms with Gasteiger partial charge in [-0.3, -0.25) is 9.59 Å². The van der Waals surface area contributed by atoms with Crippen LogP contribution < -0.4 is 10.1 Å². The van der Waals surface area contributed by atoms with Crippen molar-refractivity contribution in [1.29, 1.82) is 0 Å². The van der Waals surface area contributed by atoms with Gasteiger partial charge in [0.15, 0.2) is 6.61 Å². The highest BCUT2D eigenvalue weighted by Crippen LogP contribution is 2.33. The SMILES string of the molecule is CCC(C(=O)NC1CCCCC1)N(Cc1c(Cl)cccc1Cl)C(=O)COc1ccc2ccccc2c1Br. The van der Waals surface area contributed by atoms with Crippen LogP contribution in [0.5, 0.6) is 5.75 Å². The Bertz CT molecular complexity index is 1240. The first-order chi connectivity index (χ1) is 17.9. The van der Waals surface area contributed by atoms with Crippen LogP contribution >= 0.6 is 39.1 Å². The van der Waals surface area contributed by atoms with Gasteiger partial charge in [0.1, 0.15) is 11.8 Å². The predicted octanol–water partition coefficient (Wildman–Crippen LogP) is 7.54. The number of carbonyl (C=O) groups excluding carboxylic acids is 2. The van der Waals surface area contributed by atoms with E-state index >= 15 is 0 Å². The van der Waals surface area contributed by atoms with E-state index in [4.69, 9.17) is 27.9 Å². The summed E-state index contributed by atoms with van der Waals surface area (Å²) >= 11 is 16.5. The van der Waals surface area contributed by atoms with Crippen LogP contribution in [0.2, 0.25) is 10.0 Å². The lowest BCUT2D eigenvalue weighted by Crippen LogP contribution is -2.52. The highest BCUT2D eigenvalue weighted by molar-refractivity contribution is 9.10. The summed E-state index contributed by atoms with van der Waals surface area (Å²) in [5.74, 6) is 0.0852. The number of nitrogens with one attached hydrogen (secondary N) is 1. The van der Waals surface area contributed by atoms with Crippen molar-refractivity contribution in [2.75, 3.05) is 6.61 Å². The molecule has 2 amide bonds. The summed E-state index contributed by atoms with van der Waals surface area (Å²) in [6.07, 6.45) is 5.78. The second kappa shape index (κ2) is 13.0. The van der Waals surface area contributed by atoms with Gasteiger partial charge in [0, 0.05) is 28.2 Å². The second-order valence-electron chi connectivity index (χ2n) is 9.38. The van der Waals surface area contributed by atoms with E-state index in [1.165, 1.54) is 6.42 Å². The zero-order valence-corrected chi connectivity index (χ0v) is 23.9. The Labute approximate surface area is 236 Å². The highest BCUT2D eigenvalue weighted by atomic mass is 79.9. The van der Waals surface area contributed by atoms with E-state index in [0.29, 0.717) is 27.8 Å². The van der Waals surface area contributed by atoms with E-state index in [2.05, 4.69) is 21.2 Å². The molecule has 37 heavy (non-hydrogen) atoms. The Morgan fingerprint density at radius 2 is 1.73 bits per heavy atom. The number of nitrogens with zero attached hydrogens (tertiary/aromatic N) is 1. The summed E-state index contributed by atoms with van der Waals surface area (Å²) in [7, 11) is 0. The van der Waals surface area contributed by atoms with Crippen LogP contribution in [0, 0.1) is 0 Å². The minimum Gasteiger partial charge on any atom is -0.483 e. The van der Waals surface area contributed by atoms with E-state index in [1.54, 1.807) is 23.1 Å². The summed E-state index contributed by atoms with van der Waals surface area (Å²) in [5.41, 5.74) is 0.606. The Morgan fingerprint density at radius 3 is 2.43 bits per heavy atom. The zero-order chi connectivity index (χ0) is 26.4. The van der Waals surface area contributed by atoms with Crippen LogP contribution in [0.15, 0.2) is 59.1 Å². The highest BCUT2D eigenvalue weighted by Gasteiger charge is 2.31. The molecule has 1 aliphatic carbocycles. The number of rotatable bonds is 9. The molecule has 1 fully saturated rings. The van der Waals surface area contributed by atoms with Gasteiger partial charge in [-0.2, -0.15) is 0 Å². The Kier molecular flexibility index (Phi) is 9.74. The fraction of sp³-hybridized carbons (Fsp3) is 0.379. The van der Waals surface area contributed by atoms with E-state index in [9.17, 15) is 9.59 Å². The maximum atomic E-state index is 13.6. The van der Waals surface area contributed by atoms with Gasteiger partial charge in [-0.1, -0.05) is 85.8 Å². The van der Waals surface area contributed by atoms with Crippen LogP contribution in [-0.4, -0.2) is 35.4 Å². The van der Waals surface area contributed by atoms with Gasteiger partial charge in [-0.15, -0.1) is 0 Å². The molecule has 0 aromatic heterocycles. The van der Waals surface area contributed by atoms with Crippen molar-refractivity contribution in [3.05, 3.63) is 74.7 Å². The number of hydrogen-bond donors (Lipinski definition) is 1. The van der Waals surface area contributed by atoms with Crippen molar-refractivity contribution in [3.63, 3.8) is 0 Å². The second-order valence-corrected chi connectivity index (χ2v) is 11.0. The van der Waals surface area contributed by atoms with Gasteiger partial charge in [0.2, 0.25) is 5.91 Å². The number of amides is 2. The molecule has 4 rings (SSSR count). The molecule has 0 aliphatic heterocycles. The monoisotopic (exact) mass is 604 g/mol. The van der Waals surface area contributed by atoms with Gasteiger partial charge >= 0.3 is 0 Å². The molecule has 1 saturated carbocycles. The van der Waals surface area contributed by atoms with Gasteiger partial charge in [0.05, 0.1) is 4.47 Å². The molecule has 0 heterocycles. The van der Waals surface area contributed by atoms with Crippen LogP contribution in [0.4, 0.5) is 0 Å². The average Bonchev–Trinajstić information content (AvgIpc) is 2.90. The minimum atomic E-state index is -0.676. The smallest absolute Gasteiger partial charge is 0.261 e. The molecule has 1 atom stereocenters. The molecule has 0 spiro atoms. The number of hydrogen-bond acceptors (Lipinski definition) is 3. The molecular formula is C29H31BrCl2N2O3. The third-order valence-corrected chi connectivity index (χ3v) is 8.43. The molecule has 8 heteroatoms. The maximum Gasteiger partial charge on any atom is 0.261 e. The molecule has 0 saturated heterocycles. The number of carbonyl (C=O) groups is 2. The van der Waals surface area contributed by atoms with Crippen molar-refractivity contribution >= 4 is 61.7 Å². The number of fused-ring (bicyclic) bond motifs is 1. The Balaban J connectivity index is 1.56. The quantitative estimate of drug-likeness (QED) is 0.274. The third-order valence-electron chi connectivity index (χ3n) is 6.91. The van der Waals surface area contributed by atoms with Crippen molar-refractivity contribution in [3.8, 4) is 5.75 Å². The standard InChI is InChI=1S/C29H31BrCl2N2O3/c1-2-25(29(36)33-20-10-4-3-5-11-20)34(17-22-23(31)13-8-14-24(22)32)27(35)18-37-26-16-15-19-9-6-7-12-21(19)28(26)30/h6-9,12-16,20,25H,2-5,10-11,17-18H2,1H3,(H,33,36). The third kappa shape index (κ3) is 6.78. The molecule has 3 aromatic rings. The summed E-state index contributed by atoms with van der Waals surface area (Å²) in [4.78, 5) is 28.6. The van der Waals surface area contributed by atoms with Crippen LogP contribution in [0.1, 0.15) is 51.0 Å². The zero-order valence-electron chi connectivity index (χ0n) is 20.8. The van der Waals surface area contributed by atoms with Gasteiger partial charge < -0.3 is 15.0 Å². The van der Waals surface area contributed by atoms with Crippen molar-refractivity contribution in [1.82, 2.24) is 10.2 Å². The number of halogens is 3. The van der Waals surface area contributed by atoms with Crippen molar-refractivity contribution in [2.24, 2.45) is 0 Å². The van der Waals surface area contributed by atoms with Crippen LogP contribution in [-0.2, 0) is 16.1 Å². The number of ether oxygens (including phenoxy) is 1. The molecule has 3 aromatic carbocycles. The molecule has 0 radical (unpaired) electrons. The maximum absolute atomic E-state index is 13.6. The lowest BCUT2D eigenvalue weighted by atomic mass is 9.95. The van der Waals surface area contributed by atoms with Crippen molar-refractivity contribution < 1.29 is 14.3 Å². The molecule has 1 N–H and O–H groups in total. The molecule has 196 valence electrons. The summed E-state index contributed by atoms with van der Waals surface area (Å²) < 4.78 is 6.75. The minimum absolute atomic E-state index is 0.107. The van der Waals surface area contributed by atoms with E-state index in [-0.39, 0.29) is 31.0 Å². The van der Waals surface area contributed by atoms with Gasteiger partial charge in [0.25, 0.3) is 5.91 Å². The summed E-state index contributed by atoms with van der Waals surface area (Å²) in [6, 6.07) is 16.4. The molecular weight excluding hydrogens is 575 g/mol. The molecule has 1 aliphatic rings. The number of benzene rings is 3. The van der Waals surface area contributed by atoms with Crippen molar-refractivity contribution in [2.45, 2.75) is 64.1 Å². The summed E-state index contributed by atoms with van der Waals surface area (Å²) in [5, 5.41) is 6.13. The Morgan fingerprint density at radius 1 is 1.03 bits per heavy atom. The first-order valence-electron chi connectivity index (χ1n) is 12.7. The molecule has 5 nitrogen and oxygen atoms in total. The van der Waals surface area contributed by atoms with E-state index < -0.39 is 6.04 Å². The molecule has 1 unspecified atom stereocenters. The fourth-order valence-electron chi connectivity index (χ4n) is 4.87. The van der Waals surface area contributed by atoms with Crippen LogP contribution in [0.25, 0.3) is 10.8 Å². The topological polar surface area (TPSA) is 58.6 Å². The van der Waals surface area contributed by atoms with Gasteiger partial charge in [-0.05, 0) is 64.2 Å². The first-order valence-corrected chi connectivity index (χ1v) is 14.3. The lowest BCUT2D eigenvalue weighted by Gasteiger charge is -2.33. The van der Waals surface area contributed by atoms with E-state index in [1.807, 2.05) is 43.3 Å². The van der Waals surface area contributed by atoms with Gasteiger partial charge in [-0.25, -0.2) is 0 Å². The van der Waals surface area contributed by atoms with E-state index in [0.717, 1.165) is 40.9 Å². The first kappa shape index (κ1) is 27.7. The van der Waals surface area contributed by atoms with Crippen LogP contribution in [0.3, 0.4) is 0 Å². The largest absolute Gasteiger partial charge is 0.483 e. The lowest BCUT2D eigenvalue weighted by molar-refractivity contribution is -0.143. The normalized spacial score (nSPS) is 14.8. The fourth-order valence-corrected chi connectivity index (χ4v) is 5.99. The predicted molar refractivity (Wildman–Crippen MR) is 153 cm³/mol. The Hall–Kier alpha value is -2.28. The summed E-state index contributed by atoms with van der Waals surface area (Å²) in [6.45, 7) is 1.78.